The molecule has 2 N–H and O–H groups in total. The quantitative estimate of drug-likeness (QED) is 0.710. The van der Waals surface area contributed by atoms with E-state index in [2.05, 4.69) is 17.6 Å². The van der Waals surface area contributed by atoms with Crippen LogP contribution < -0.4 is 10.6 Å². The largest absolute Gasteiger partial charge is 0.373 e. The number of hydrogen-bond donors (Lipinski definition) is 2. The van der Waals surface area contributed by atoms with Gasteiger partial charge in [0.2, 0.25) is 5.91 Å². The maximum atomic E-state index is 12.0. The van der Waals surface area contributed by atoms with Gasteiger partial charge in [0.15, 0.2) is 0 Å². The molecule has 0 radical (unpaired) electrons. The molecule has 1 aliphatic rings. The van der Waals surface area contributed by atoms with Crippen LogP contribution in [0, 0.1) is 5.92 Å². The van der Waals surface area contributed by atoms with Gasteiger partial charge in [-0.2, -0.15) is 0 Å². The third-order valence-electron chi connectivity index (χ3n) is 3.92. The van der Waals surface area contributed by atoms with Gasteiger partial charge in [-0.25, -0.2) is 0 Å². The summed E-state index contributed by atoms with van der Waals surface area (Å²) in [6.45, 7) is 6.26. The highest BCUT2D eigenvalue weighted by molar-refractivity contribution is 5.78. The zero-order valence-corrected chi connectivity index (χ0v) is 12.8. The highest BCUT2D eigenvalue weighted by atomic mass is 16.5. The van der Waals surface area contributed by atoms with Crippen molar-refractivity contribution >= 4 is 5.91 Å². The molecule has 4 heteroatoms. The van der Waals surface area contributed by atoms with E-state index in [1.807, 2.05) is 14.0 Å². The molecule has 0 bridgehead atoms. The molecule has 0 aliphatic heterocycles. The first-order valence-corrected chi connectivity index (χ1v) is 7.70. The topological polar surface area (TPSA) is 50.4 Å². The number of ether oxygens (including phenoxy) is 1. The molecular formula is C15H30N2O2. The minimum atomic E-state index is -0.108. The smallest absolute Gasteiger partial charge is 0.224 e. The van der Waals surface area contributed by atoms with Gasteiger partial charge in [0.05, 0.1) is 5.60 Å². The summed E-state index contributed by atoms with van der Waals surface area (Å²) in [5, 5.41) is 6.12. The van der Waals surface area contributed by atoms with Crippen molar-refractivity contribution in [3.05, 3.63) is 0 Å². The SMILES string of the molecule is CCCOC1(CNC(=O)C(C)CNC)CCCCC1. The zero-order valence-electron chi connectivity index (χ0n) is 12.8. The molecule has 1 saturated carbocycles. The van der Waals surface area contributed by atoms with Gasteiger partial charge in [-0.05, 0) is 26.3 Å². The van der Waals surface area contributed by atoms with E-state index < -0.39 is 0 Å². The molecule has 4 nitrogen and oxygen atoms in total. The average molecular weight is 270 g/mol. The van der Waals surface area contributed by atoms with Crippen LogP contribution in [-0.2, 0) is 9.53 Å². The highest BCUT2D eigenvalue weighted by Crippen LogP contribution is 2.31. The number of rotatable bonds is 8. The molecule has 1 atom stereocenters. The fourth-order valence-electron chi connectivity index (χ4n) is 2.71. The Morgan fingerprint density at radius 3 is 2.58 bits per heavy atom. The molecule has 0 spiro atoms. The van der Waals surface area contributed by atoms with Crippen LogP contribution in [0.3, 0.4) is 0 Å². The van der Waals surface area contributed by atoms with Gasteiger partial charge in [0.1, 0.15) is 0 Å². The normalized spacial score (nSPS) is 19.9. The summed E-state index contributed by atoms with van der Waals surface area (Å²) in [4.78, 5) is 12.0. The number of carbonyl (C=O) groups excluding carboxylic acids is 1. The summed E-state index contributed by atoms with van der Waals surface area (Å²) in [7, 11) is 1.87. The first kappa shape index (κ1) is 16.4. The molecule has 112 valence electrons. The van der Waals surface area contributed by atoms with Crippen LogP contribution in [0.4, 0.5) is 0 Å². The molecule has 0 aromatic heterocycles. The lowest BCUT2D eigenvalue weighted by molar-refractivity contribution is -0.127. The number of nitrogens with one attached hydrogen (secondary N) is 2. The molecule has 1 fully saturated rings. The second-order valence-corrected chi connectivity index (χ2v) is 5.77. The van der Waals surface area contributed by atoms with E-state index in [9.17, 15) is 4.79 Å². The maximum absolute atomic E-state index is 12.0. The minimum absolute atomic E-state index is 0.0109. The van der Waals surface area contributed by atoms with Crippen molar-refractivity contribution in [3.8, 4) is 0 Å². The van der Waals surface area contributed by atoms with E-state index in [1.165, 1.54) is 19.3 Å². The Balaban J connectivity index is 2.46. The Bertz CT molecular complexity index is 263. The Morgan fingerprint density at radius 2 is 2.00 bits per heavy atom. The van der Waals surface area contributed by atoms with Crippen molar-refractivity contribution in [2.24, 2.45) is 5.92 Å². The second kappa shape index (κ2) is 8.54. The third kappa shape index (κ3) is 5.49. The van der Waals surface area contributed by atoms with Crippen LogP contribution in [0.2, 0.25) is 0 Å². The van der Waals surface area contributed by atoms with Crippen molar-refractivity contribution in [1.82, 2.24) is 10.6 Å². The molecule has 0 saturated heterocycles. The Kier molecular flexibility index (Phi) is 7.39. The fraction of sp³-hybridized carbons (Fsp3) is 0.933. The summed E-state index contributed by atoms with van der Waals surface area (Å²) in [5.41, 5.74) is -0.108. The molecule has 1 amide bonds. The standard InChI is InChI=1S/C15H30N2O2/c1-4-10-19-15(8-6-5-7-9-15)12-17-14(18)13(2)11-16-3/h13,16H,4-12H2,1-3H3,(H,17,18). The highest BCUT2D eigenvalue weighted by Gasteiger charge is 2.33. The number of carbonyl (C=O) groups is 1. The minimum Gasteiger partial charge on any atom is -0.373 e. The Labute approximate surface area is 117 Å². The summed E-state index contributed by atoms with van der Waals surface area (Å²) >= 11 is 0. The molecule has 0 aromatic carbocycles. The van der Waals surface area contributed by atoms with E-state index in [4.69, 9.17) is 4.74 Å². The number of hydrogen-bond acceptors (Lipinski definition) is 3. The van der Waals surface area contributed by atoms with Gasteiger partial charge >= 0.3 is 0 Å². The predicted octanol–water partition coefficient (Wildman–Crippen LogP) is 2.09. The molecular weight excluding hydrogens is 240 g/mol. The predicted molar refractivity (Wildman–Crippen MR) is 78.2 cm³/mol. The lowest BCUT2D eigenvalue weighted by Gasteiger charge is -2.37. The summed E-state index contributed by atoms with van der Waals surface area (Å²) in [6.07, 6.45) is 6.91. The van der Waals surface area contributed by atoms with Gasteiger partial charge in [0, 0.05) is 25.6 Å². The molecule has 0 heterocycles. The van der Waals surface area contributed by atoms with Crippen molar-refractivity contribution in [3.63, 3.8) is 0 Å². The summed E-state index contributed by atoms with van der Waals surface area (Å²) in [5.74, 6) is 0.135. The second-order valence-electron chi connectivity index (χ2n) is 5.77. The van der Waals surface area contributed by atoms with Crippen LogP contribution in [0.1, 0.15) is 52.4 Å². The van der Waals surface area contributed by atoms with Gasteiger partial charge < -0.3 is 15.4 Å². The van der Waals surface area contributed by atoms with Crippen molar-refractivity contribution in [2.45, 2.75) is 58.0 Å². The summed E-state index contributed by atoms with van der Waals surface area (Å²) < 4.78 is 6.08. The van der Waals surface area contributed by atoms with Crippen molar-refractivity contribution < 1.29 is 9.53 Å². The van der Waals surface area contributed by atoms with Gasteiger partial charge in [-0.1, -0.05) is 33.1 Å². The Hall–Kier alpha value is -0.610. The van der Waals surface area contributed by atoms with E-state index in [0.717, 1.165) is 25.9 Å². The first-order valence-electron chi connectivity index (χ1n) is 7.70. The lowest BCUT2D eigenvalue weighted by Crippen LogP contribution is -2.48. The van der Waals surface area contributed by atoms with Crippen molar-refractivity contribution in [1.29, 1.82) is 0 Å². The van der Waals surface area contributed by atoms with Crippen LogP contribution in [-0.4, -0.2) is 38.3 Å². The average Bonchev–Trinajstić information content (AvgIpc) is 2.44. The monoisotopic (exact) mass is 270 g/mol. The van der Waals surface area contributed by atoms with Crippen LogP contribution in [0.25, 0.3) is 0 Å². The van der Waals surface area contributed by atoms with Crippen LogP contribution in [0.15, 0.2) is 0 Å². The molecule has 0 aromatic rings. The van der Waals surface area contributed by atoms with E-state index in [1.54, 1.807) is 0 Å². The zero-order chi connectivity index (χ0) is 14.1. The molecule has 19 heavy (non-hydrogen) atoms. The van der Waals surface area contributed by atoms with E-state index >= 15 is 0 Å². The van der Waals surface area contributed by atoms with Crippen LogP contribution in [0.5, 0.6) is 0 Å². The molecule has 1 rings (SSSR count). The third-order valence-corrected chi connectivity index (χ3v) is 3.92. The fourth-order valence-corrected chi connectivity index (χ4v) is 2.71. The number of amides is 1. The molecule has 1 unspecified atom stereocenters. The first-order chi connectivity index (χ1) is 9.13. The Morgan fingerprint density at radius 1 is 1.32 bits per heavy atom. The van der Waals surface area contributed by atoms with E-state index in [0.29, 0.717) is 13.1 Å². The van der Waals surface area contributed by atoms with Gasteiger partial charge in [0.25, 0.3) is 0 Å². The van der Waals surface area contributed by atoms with E-state index in [-0.39, 0.29) is 17.4 Å². The molecule has 1 aliphatic carbocycles. The van der Waals surface area contributed by atoms with Crippen LogP contribution >= 0.6 is 0 Å². The van der Waals surface area contributed by atoms with Gasteiger partial charge in [-0.15, -0.1) is 0 Å². The van der Waals surface area contributed by atoms with Gasteiger partial charge in [-0.3, -0.25) is 4.79 Å². The summed E-state index contributed by atoms with van der Waals surface area (Å²) in [6, 6.07) is 0. The van der Waals surface area contributed by atoms with Crippen molar-refractivity contribution in [2.75, 3.05) is 26.7 Å². The maximum Gasteiger partial charge on any atom is 0.224 e. The lowest BCUT2D eigenvalue weighted by atomic mass is 9.84.